The van der Waals surface area contributed by atoms with Crippen LogP contribution in [0.25, 0.3) is 0 Å². The Balaban J connectivity index is 2.35. The van der Waals surface area contributed by atoms with E-state index in [2.05, 4.69) is 35.9 Å². The quantitative estimate of drug-likeness (QED) is 0.563. The zero-order valence-corrected chi connectivity index (χ0v) is 12.3. The number of rotatable bonds is 8. The van der Waals surface area contributed by atoms with Crippen LogP contribution in [0.5, 0.6) is 0 Å². The van der Waals surface area contributed by atoms with Gasteiger partial charge in [-0.1, -0.05) is 24.0 Å². The zero-order valence-electron chi connectivity index (χ0n) is 12.3. The Hall–Kier alpha value is -1.34. The van der Waals surface area contributed by atoms with Crippen molar-refractivity contribution >= 4 is 0 Å². The van der Waals surface area contributed by atoms with Gasteiger partial charge >= 0.3 is 0 Å². The van der Waals surface area contributed by atoms with Crippen molar-refractivity contribution in [1.82, 2.24) is 4.90 Å². The van der Waals surface area contributed by atoms with Gasteiger partial charge in [-0.15, -0.1) is 0 Å². The number of unbranched alkanes of at least 4 members (excludes halogenated alkanes) is 2. The number of hydrogen-bond donors (Lipinski definition) is 2. The molecule has 0 atom stereocenters. The minimum atomic E-state index is 0.117. The molecular formula is C17H25NO2. The molecule has 0 amide bonds. The third-order valence-corrected chi connectivity index (χ3v) is 3.07. The van der Waals surface area contributed by atoms with E-state index >= 15 is 0 Å². The molecule has 0 saturated heterocycles. The van der Waals surface area contributed by atoms with Crippen LogP contribution in [-0.4, -0.2) is 41.9 Å². The molecule has 20 heavy (non-hydrogen) atoms. The number of nitrogens with zero attached hydrogens (tertiary/aromatic N) is 1. The maximum absolute atomic E-state index is 8.73. The average Bonchev–Trinajstić information content (AvgIpc) is 2.46. The average molecular weight is 275 g/mol. The highest BCUT2D eigenvalue weighted by Gasteiger charge is 2.00. The van der Waals surface area contributed by atoms with Gasteiger partial charge in [0.1, 0.15) is 0 Å². The van der Waals surface area contributed by atoms with E-state index in [1.54, 1.807) is 0 Å². The monoisotopic (exact) mass is 275 g/mol. The van der Waals surface area contributed by atoms with Gasteiger partial charge in [-0.05, 0) is 50.6 Å². The highest BCUT2D eigenvalue weighted by atomic mass is 16.3. The minimum Gasteiger partial charge on any atom is -0.396 e. The Morgan fingerprint density at radius 2 is 1.75 bits per heavy atom. The molecule has 2 N–H and O–H groups in total. The van der Waals surface area contributed by atoms with E-state index in [1.807, 2.05) is 12.1 Å². The molecule has 0 spiro atoms. The van der Waals surface area contributed by atoms with Crippen molar-refractivity contribution in [2.75, 3.05) is 26.8 Å². The van der Waals surface area contributed by atoms with Crippen molar-refractivity contribution < 1.29 is 10.2 Å². The summed E-state index contributed by atoms with van der Waals surface area (Å²) in [5.41, 5.74) is 2.27. The van der Waals surface area contributed by atoms with Crippen LogP contribution in [0.4, 0.5) is 0 Å². The molecule has 110 valence electrons. The molecule has 3 nitrogen and oxygen atoms in total. The predicted molar refractivity (Wildman–Crippen MR) is 82.3 cm³/mol. The van der Waals surface area contributed by atoms with Crippen LogP contribution in [0.15, 0.2) is 24.3 Å². The minimum absolute atomic E-state index is 0.117. The fourth-order valence-electron chi connectivity index (χ4n) is 1.97. The van der Waals surface area contributed by atoms with Gasteiger partial charge in [-0.3, -0.25) is 0 Å². The molecule has 0 radical (unpaired) electrons. The second-order valence-electron chi connectivity index (χ2n) is 4.99. The number of hydrogen-bond acceptors (Lipinski definition) is 3. The lowest BCUT2D eigenvalue weighted by molar-refractivity contribution is 0.271. The molecule has 0 unspecified atom stereocenters. The third-order valence-electron chi connectivity index (χ3n) is 3.07. The lowest BCUT2D eigenvalue weighted by Gasteiger charge is -2.16. The van der Waals surface area contributed by atoms with E-state index in [9.17, 15) is 0 Å². The predicted octanol–water partition coefficient (Wildman–Crippen LogP) is 2.01. The molecule has 0 fully saturated rings. The Kier molecular flexibility index (Phi) is 8.73. The standard InChI is InChI=1S/C17H25NO2/c1-18(12-4-2-5-13-19)15-17-10-8-16(9-11-17)7-3-6-14-20/h8-11,19-20H,2,4-6,12-15H2,1H3. The molecule has 1 aromatic rings. The molecule has 0 aromatic heterocycles. The Labute approximate surface area is 122 Å². The molecule has 0 heterocycles. The largest absolute Gasteiger partial charge is 0.396 e. The summed E-state index contributed by atoms with van der Waals surface area (Å²) in [6.07, 6.45) is 3.63. The van der Waals surface area contributed by atoms with Gasteiger partial charge in [0, 0.05) is 25.1 Å². The first kappa shape index (κ1) is 16.7. The van der Waals surface area contributed by atoms with Crippen LogP contribution < -0.4 is 0 Å². The number of aliphatic hydroxyl groups is 2. The van der Waals surface area contributed by atoms with Gasteiger partial charge in [-0.25, -0.2) is 0 Å². The Morgan fingerprint density at radius 3 is 2.40 bits per heavy atom. The van der Waals surface area contributed by atoms with Crippen LogP contribution in [0.1, 0.15) is 36.8 Å². The molecule has 0 bridgehead atoms. The van der Waals surface area contributed by atoms with Gasteiger partial charge in [0.25, 0.3) is 0 Å². The third kappa shape index (κ3) is 7.30. The van der Waals surface area contributed by atoms with E-state index < -0.39 is 0 Å². The lowest BCUT2D eigenvalue weighted by atomic mass is 10.1. The summed E-state index contributed by atoms with van der Waals surface area (Å²) in [4.78, 5) is 2.30. The lowest BCUT2D eigenvalue weighted by Crippen LogP contribution is -2.19. The van der Waals surface area contributed by atoms with Crippen LogP contribution in [0.2, 0.25) is 0 Å². The molecule has 3 heteroatoms. The van der Waals surface area contributed by atoms with Crippen LogP contribution in [0.3, 0.4) is 0 Å². The second-order valence-corrected chi connectivity index (χ2v) is 4.99. The van der Waals surface area contributed by atoms with Crippen molar-refractivity contribution in [3.8, 4) is 11.8 Å². The maximum atomic E-state index is 8.73. The summed E-state index contributed by atoms with van der Waals surface area (Å²) < 4.78 is 0. The Bertz CT molecular complexity index is 417. The summed E-state index contributed by atoms with van der Waals surface area (Å²) in [6.45, 7) is 2.40. The summed E-state index contributed by atoms with van der Waals surface area (Å²) >= 11 is 0. The van der Waals surface area contributed by atoms with E-state index in [1.165, 1.54) is 5.56 Å². The SMILES string of the molecule is CN(CCCCCO)Cc1ccc(C#CCCO)cc1. The molecular weight excluding hydrogens is 250 g/mol. The topological polar surface area (TPSA) is 43.7 Å². The van der Waals surface area contributed by atoms with Crippen LogP contribution >= 0.6 is 0 Å². The Morgan fingerprint density at radius 1 is 1.00 bits per heavy atom. The van der Waals surface area contributed by atoms with Crippen molar-refractivity contribution in [2.24, 2.45) is 0 Å². The highest BCUT2D eigenvalue weighted by Crippen LogP contribution is 2.07. The van der Waals surface area contributed by atoms with Crippen molar-refractivity contribution in [3.63, 3.8) is 0 Å². The molecule has 0 saturated carbocycles. The van der Waals surface area contributed by atoms with E-state index in [-0.39, 0.29) is 6.61 Å². The van der Waals surface area contributed by atoms with E-state index in [4.69, 9.17) is 10.2 Å². The first-order valence-corrected chi connectivity index (χ1v) is 7.24. The first-order valence-electron chi connectivity index (χ1n) is 7.24. The normalized spacial score (nSPS) is 10.4. The maximum Gasteiger partial charge on any atom is 0.0540 e. The molecule has 0 aliphatic heterocycles. The van der Waals surface area contributed by atoms with Crippen molar-refractivity contribution in [2.45, 2.75) is 32.2 Å². The fraction of sp³-hybridized carbons (Fsp3) is 0.529. The van der Waals surface area contributed by atoms with Crippen LogP contribution in [-0.2, 0) is 6.54 Å². The highest BCUT2D eigenvalue weighted by molar-refractivity contribution is 5.36. The van der Waals surface area contributed by atoms with Gasteiger partial charge in [0.15, 0.2) is 0 Å². The van der Waals surface area contributed by atoms with E-state index in [0.717, 1.165) is 37.9 Å². The molecule has 0 aliphatic carbocycles. The molecule has 0 aliphatic rings. The van der Waals surface area contributed by atoms with Gasteiger partial charge in [0.05, 0.1) is 6.61 Å². The second kappa shape index (κ2) is 10.4. The van der Waals surface area contributed by atoms with Gasteiger partial charge in [-0.2, -0.15) is 0 Å². The van der Waals surface area contributed by atoms with Crippen LogP contribution in [0, 0.1) is 11.8 Å². The first-order chi connectivity index (χ1) is 9.76. The zero-order chi connectivity index (χ0) is 14.6. The molecule has 1 rings (SSSR count). The number of benzene rings is 1. The number of aliphatic hydroxyl groups excluding tert-OH is 2. The molecule has 1 aromatic carbocycles. The summed E-state index contributed by atoms with van der Waals surface area (Å²) in [5, 5.41) is 17.4. The fourth-order valence-corrected chi connectivity index (χ4v) is 1.97. The van der Waals surface area contributed by atoms with Gasteiger partial charge < -0.3 is 15.1 Å². The smallest absolute Gasteiger partial charge is 0.0540 e. The van der Waals surface area contributed by atoms with Crippen molar-refractivity contribution in [1.29, 1.82) is 0 Å². The summed E-state index contributed by atoms with van der Waals surface area (Å²) in [7, 11) is 2.12. The van der Waals surface area contributed by atoms with E-state index in [0.29, 0.717) is 13.0 Å². The van der Waals surface area contributed by atoms with Crippen molar-refractivity contribution in [3.05, 3.63) is 35.4 Å². The summed E-state index contributed by atoms with van der Waals surface area (Å²) in [5.74, 6) is 5.95. The summed E-state index contributed by atoms with van der Waals surface area (Å²) in [6, 6.07) is 8.26. The van der Waals surface area contributed by atoms with Gasteiger partial charge in [0.2, 0.25) is 0 Å².